The molecule has 5 unspecified atom stereocenters. The Hall–Kier alpha value is -0.256. The maximum Gasteiger partial charge on any atom is 0.360 e. The number of aryl methyl sites for hydroxylation is 1. The molecule has 1 rings (SSSR count). The van der Waals surface area contributed by atoms with E-state index in [1.165, 1.54) is 0 Å². The highest BCUT2D eigenvalue weighted by Gasteiger charge is 2.49. The predicted octanol–water partition coefficient (Wildman–Crippen LogP) is 9.15. The number of benzene rings is 1. The lowest BCUT2D eigenvalue weighted by Crippen LogP contribution is -2.59. The van der Waals surface area contributed by atoms with Gasteiger partial charge in [-0.25, -0.2) is 0 Å². The number of hydrogen-bond donors (Lipinski definition) is 1. The lowest BCUT2D eigenvalue weighted by molar-refractivity contribution is -0.152. The number of carbonyl (C=O) groups is 2. The third-order valence-corrected chi connectivity index (χ3v) is 26.7. The Morgan fingerprint density at radius 2 is 1.19 bits per heavy atom. The second-order valence-electron chi connectivity index (χ2n) is 14.1. The summed E-state index contributed by atoms with van der Waals surface area (Å²) >= 11 is 4.79. The fraction of sp³-hybridized carbons (Fsp3) is 0.771. The number of hydrogen-bond acceptors (Lipinski definition) is 11. The van der Waals surface area contributed by atoms with E-state index in [0.717, 1.165) is 20.6 Å². The predicted molar refractivity (Wildman–Crippen MR) is 244 cm³/mol. The van der Waals surface area contributed by atoms with Crippen LogP contribution in [0, 0.1) is 11.8 Å². The number of aliphatic hydroxyl groups is 1. The summed E-state index contributed by atoms with van der Waals surface area (Å²) in [5.74, 6) is -1.76. The van der Waals surface area contributed by atoms with E-state index >= 15 is 0 Å². The molecule has 0 heterocycles. The molecule has 1 aromatic rings. The van der Waals surface area contributed by atoms with Crippen molar-refractivity contribution in [1.29, 1.82) is 0 Å². The molecule has 1 radical (unpaired) electrons. The molecular weight excluding hydrogens is 816 g/mol. The molecule has 1 aromatic carbocycles. The minimum atomic E-state index is -3.15. The molecule has 10 nitrogen and oxygen atoms in total. The molecule has 53 heavy (non-hydrogen) atoms. The van der Waals surface area contributed by atoms with Gasteiger partial charge in [-0.1, -0.05) is 82.7 Å². The second kappa shape index (κ2) is 29.9. The minimum Gasteiger partial charge on any atom is -0.620 e. The number of ether oxygens (including phenoxy) is 2. The van der Waals surface area contributed by atoms with E-state index in [9.17, 15) is 14.5 Å². The molecule has 0 aliphatic rings. The van der Waals surface area contributed by atoms with Gasteiger partial charge < -0.3 is 35.9 Å². The zero-order chi connectivity index (χ0) is 36.1. The van der Waals surface area contributed by atoms with Crippen LogP contribution < -0.4 is 4.89 Å². The van der Waals surface area contributed by atoms with Crippen LogP contribution in [-0.2, 0) is 69.1 Å². The first-order chi connectivity index (χ1) is 21.6. The molecule has 0 amide bonds. The molecule has 0 spiro atoms. The fourth-order valence-corrected chi connectivity index (χ4v) is 27.1. The Kier molecular flexibility index (Phi) is 36.5. The van der Waals surface area contributed by atoms with Crippen LogP contribution in [0.4, 0.5) is 0 Å². The van der Waals surface area contributed by atoms with E-state index in [4.69, 9.17) is 42.2 Å². The molecule has 317 valence electrons. The molecule has 0 aliphatic carbocycles. The highest BCUT2D eigenvalue weighted by atomic mass is 32.9. The molecular formula is C35H80O10PS2Si5. The number of esters is 2. The van der Waals surface area contributed by atoms with Crippen molar-refractivity contribution in [2.24, 2.45) is 11.8 Å². The summed E-state index contributed by atoms with van der Waals surface area (Å²) in [6.45, 7) is 20.6. The first kappa shape index (κ1) is 64.6. The quantitative estimate of drug-likeness (QED) is 0.0679. The zero-order valence-electron chi connectivity index (χ0n) is 30.0. The second-order valence-corrected chi connectivity index (χ2v) is 36.4. The number of rotatable bonds is 22. The van der Waals surface area contributed by atoms with Crippen molar-refractivity contribution in [3.05, 3.63) is 35.4 Å². The molecule has 0 bridgehead atoms. The molecule has 0 aromatic heterocycles. The Morgan fingerprint density at radius 3 is 1.60 bits per heavy atom. The Balaban J connectivity index is -0.000000920. The Bertz CT molecular complexity index is 1200. The van der Waals surface area contributed by atoms with Crippen LogP contribution in [-0.4, -0.2) is 86.1 Å². The van der Waals surface area contributed by atoms with Gasteiger partial charge in [0.15, 0.2) is 16.6 Å². The molecule has 0 aliphatic heterocycles. The van der Waals surface area contributed by atoms with E-state index in [2.05, 4.69) is 39.3 Å². The highest BCUT2D eigenvalue weighted by molar-refractivity contribution is 8.33. The van der Waals surface area contributed by atoms with Gasteiger partial charge in [0.25, 0.3) is 0 Å². The largest absolute Gasteiger partial charge is 0.620 e. The van der Waals surface area contributed by atoms with E-state index in [0.29, 0.717) is 31.1 Å². The van der Waals surface area contributed by atoms with Crippen LogP contribution in [0.1, 0.15) is 69.5 Å². The standard InChI is InChI=1S/C29H56O10PS2Si5.6CH4/c1-24(28(31)34-19-16-26-12-14-27(15-13-26)17-21-40(33)42-41)22-46(10,37-43(3)36-44(4,5)6)39-47(11,38-45(7,8)9)23-25(2)29(32)35-20-18-30;;;;;;/h12-15,24-25,30H,16-23H2,1-11H3;6*1H4. The van der Waals surface area contributed by atoms with Gasteiger partial charge in [0.1, 0.15) is 29.2 Å². The van der Waals surface area contributed by atoms with Crippen molar-refractivity contribution in [3.63, 3.8) is 0 Å². The van der Waals surface area contributed by atoms with Crippen molar-refractivity contribution >= 4 is 82.6 Å². The van der Waals surface area contributed by atoms with Crippen LogP contribution in [0.2, 0.25) is 71.0 Å². The van der Waals surface area contributed by atoms with E-state index in [1.54, 1.807) is 6.92 Å². The van der Waals surface area contributed by atoms with Gasteiger partial charge in [0.2, 0.25) is 0 Å². The van der Waals surface area contributed by atoms with E-state index in [1.807, 2.05) is 50.8 Å². The van der Waals surface area contributed by atoms with Crippen LogP contribution in [0.5, 0.6) is 0 Å². The van der Waals surface area contributed by atoms with E-state index < -0.39 is 67.8 Å². The lowest BCUT2D eigenvalue weighted by atomic mass is 10.1. The minimum absolute atomic E-state index is 0. The Morgan fingerprint density at radius 1 is 0.755 bits per heavy atom. The maximum atomic E-state index is 13.3. The van der Waals surface area contributed by atoms with E-state index in [-0.39, 0.29) is 70.3 Å². The van der Waals surface area contributed by atoms with Crippen molar-refractivity contribution < 1.29 is 45.5 Å². The summed E-state index contributed by atoms with van der Waals surface area (Å²) < 4.78 is 37.7. The van der Waals surface area contributed by atoms with Crippen molar-refractivity contribution in [3.8, 4) is 0 Å². The maximum absolute atomic E-state index is 13.3. The summed E-state index contributed by atoms with van der Waals surface area (Å²) in [6, 6.07) is 8.69. The summed E-state index contributed by atoms with van der Waals surface area (Å²) in [6.07, 6.45) is 1.84. The Labute approximate surface area is 341 Å². The molecule has 18 heteroatoms. The topological polar surface area (TPSA) is 133 Å². The van der Waals surface area contributed by atoms with Crippen molar-refractivity contribution in [1.82, 2.24) is 0 Å². The fourth-order valence-electron chi connectivity index (χ4n) is 5.18. The van der Waals surface area contributed by atoms with Crippen LogP contribution >= 0.6 is 6.92 Å². The van der Waals surface area contributed by atoms with Gasteiger partial charge in [-0.3, -0.25) is 9.59 Å². The normalized spacial score (nSPS) is 14.6. The third-order valence-electron chi connectivity index (χ3n) is 6.58. The van der Waals surface area contributed by atoms with Gasteiger partial charge >= 0.3 is 38.3 Å². The third kappa shape index (κ3) is 28.7. The van der Waals surface area contributed by atoms with Crippen molar-refractivity contribution in [2.75, 3.05) is 26.0 Å². The number of carbonyl (C=O) groups excluding carboxylic acids is 2. The first-order valence-electron chi connectivity index (χ1n) is 16.0. The summed E-state index contributed by atoms with van der Waals surface area (Å²) in [5.41, 5.74) is 2.14. The van der Waals surface area contributed by atoms with Crippen LogP contribution in [0.3, 0.4) is 0 Å². The SMILES string of the molecule is C.C.C.C.C.C.CC(C[Si](C)(O[Si](C)O[Si](C)(C)C)O[Si](C)(CC(C)C(=O)OCCO)O[Si](C)(C)C)C(=O)OCCc1ccc(CC[P+]([O-])=S=S)cc1. The molecule has 5 atom stereocenters. The highest BCUT2D eigenvalue weighted by Crippen LogP contribution is 2.32. The summed E-state index contributed by atoms with van der Waals surface area (Å²) in [5, 5.41) is 9.11. The average Bonchev–Trinajstić information content (AvgIpc) is 2.92. The van der Waals surface area contributed by atoms with Gasteiger partial charge in [0, 0.05) is 36.1 Å². The summed E-state index contributed by atoms with van der Waals surface area (Å²) in [4.78, 5) is 37.6. The number of aliphatic hydroxyl groups excluding tert-OH is 1. The lowest BCUT2D eigenvalue weighted by Gasteiger charge is -2.42. The van der Waals surface area contributed by atoms with Crippen molar-refractivity contribution in [2.45, 2.75) is 142 Å². The van der Waals surface area contributed by atoms with Gasteiger partial charge in [-0.2, -0.15) is 0 Å². The smallest absolute Gasteiger partial charge is 0.360 e. The van der Waals surface area contributed by atoms with Crippen LogP contribution in [0.15, 0.2) is 24.3 Å². The van der Waals surface area contributed by atoms with Gasteiger partial charge in [-0.15, -0.1) is 0 Å². The molecule has 1 N–H and O–H groups in total. The van der Waals surface area contributed by atoms with Gasteiger partial charge in [-0.05, 0) is 70.1 Å². The molecule has 0 saturated carbocycles. The molecule has 0 saturated heterocycles. The van der Waals surface area contributed by atoms with Crippen LogP contribution in [0.25, 0.3) is 0 Å². The first-order valence-corrected chi connectivity index (χ1v) is 33.4. The average molecular weight is 897 g/mol. The van der Waals surface area contributed by atoms with Gasteiger partial charge in [0.05, 0.1) is 25.0 Å². The summed E-state index contributed by atoms with van der Waals surface area (Å²) in [7, 11) is -11.0. The molecule has 0 fully saturated rings. The monoisotopic (exact) mass is 895 g/mol. The zero-order valence-corrected chi connectivity index (χ0v) is 37.5.